The molecular formula is C20H22ClN3OS2. The maximum atomic E-state index is 12.3. The Morgan fingerprint density at radius 2 is 1.96 bits per heavy atom. The number of halogens is 1. The number of fused-ring (bicyclic) bond motifs is 3. The van der Waals surface area contributed by atoms with Gasteiger partial charge < -0.3 is 5.32 Å². The molecule has 2 heterocycles. The maximum Gasteiger partial charge on any atom is 0.230 e. The zero-order valence-electron chi connectivity index (χ0n) is 15.2. The SMILES string of the molecule is Cc1nc(SCC(=O)NCc2ccccc2)c2c3c(sc2n1)CCCC3.Cl. The second kappa shape index (κ2) is 9.04. The molecular weight excluding hydrogens is 398 g/mol. The zero-order chi connectivity index (χ0) is 17.9. The van der Waals surface area contributed by atoms with Crippen LogP contribution in [0.5, 0.6) is 0 Å². The van der Waals surface area contributed by atoms with E-state index in [4.69, 9.17) is 0 Å². The van der Waals surface area contributed by atoms with Gasteiger partial charge >= 0.3 is 0 Å². The molecule has 0 unspecified atom stereocenters. The molecule has 0 bridgehead atoms. The van der Waals surface area contributed by atoms with Crippen molar-refractivity contribution in [3.05, 3.63) is 52.2 Å². The first-order chi connectivity index (χ1) is 12.7. The van der Waals surface area contributed by atoms with E-state index in [0.29, 0.717) is 12.3 Å². The first-order valence-corrected chi connectivity index (χ1v) is 10.7. The number of aromatic nitrogens is 2. The molecule has 142 valence electrons. The lowest BCUT2D eigenvalue weighted by Gasteiger charge is -2.12. The first-order valence-electron chi connectivity index (χ1n) is 8.93. The minimum Gasteiger partial charge on any atom is -0.351 e. The normalized spacial score (nSPS) is 13.1. The second-order valence-corrected chi connectivity index (χ2v) is 8.57. The molecule has 0 saturated carbocycles. The minimum atomic E-state index is 0. The summed E-state index contributed by atoms with van der Waals surface area (Å²) in [6.07, 6.45) is 4.75. The summed E-state index contributed by atoms with van der Waals surface area (Å²) in [6, 6.07) is 9.98. The highest BCUT2D eigenvalue weighted by molar-refractivity contribution is 8.00. The van der Waals surface area contributed by atoms with E-state index >= 15 is 0 Å². The number of carbonyl (C=O) groups is 1. The van der Waals surface area contributed by atoms with E-state index in [1.807, 2.05) is 37.3 Å². The smallest absolute Gasteiger partial charge is 0.230 e. The van der Waals surface area contributed by atoms with Gasteiger partial charge in [-0.25, -0.2) is 9.97 Å². The molecule has 4 nitrogen and oxygen atoms in total. The number of thioether (sulfide) groups is 1. The van der Waals surface area contributed by atoms with E-state index in [0.717, 1.165) is 34.1 Å². The number of hydrogen-bond donors (Lipinski definition) is 1. The maximum absolute atomic E-state index is 12.3. The van der Waals surface area contributed by atoms with Crippen LogP contribution < -0.4 is 5.32 Å². The lowest BCUT2D eigenvalue weighted by Crippen LogP contribution is -2.24. The third-order valence-electron chi connectivity index (χ3n) is 4.57. The zero-order valence-corrected chi connectivity index (χ0v) is 17.6. The molecule has 3 aromatic rings. The van der Waals surface area contributed by atoms with E-state index in [2.05, 4.69) is 15.3 Å². The number of nitrogens with zero attached hydrogens (tertiary/aromatic N) is 2. The molecule has 7 heteroatoms. The molecule has 2 aromatic heterocycles. The summed E-state index contributed by atoms with van der Waals surface area (Å²) >= 11 is 3.33. The molecule has 0 atom stereocenters. The number of benzene rings is 1. The van der Waals surface area contributed by atoms with E-state index in [9.17, 15) is 4.79 Å². The fraction of sp³-hybridized carbons (Fsp3) is 0.350. The van der Waals surface area contributed by atoms with Crippen LogP contribution in [0.3, 0.4) is 0 Å². The Bertz CT molecular complexity index is 943. The number of aryl methyl sites for hydroxylation is 3. The molecule has 1 aromatic carbocycles. The summed E-state index contributed by atoms with van der Waals surface area (Å²) in [4.78, 5) is 24.1. The van der Waals surface area contributed by atoms with E-state index in [1.54, 1.807) is 11.3 Å². The predicted molar refractivity (Wildman–Crippen MR) is 115 cm³/mol. The highest BCUT2D eigenvalue weighted by Gasteiger charge is 2.21. The monoisotopic (exact) mass is 419 g/mol. The average Bonchev–Trinajstić information content (AvgIpc) is 3.03. The fourth-order valence-electron chi connectivity index (χ4n) is 3.31. The Labute approximate surface area is 173 Å². The van der Waals surface area contributed by atoms with Crippen molar-refractivity contribution in [2.45, 2.75) is 44.2 Å². The summed E-state index contributed by atoms with van der Waals surface area (Å²) in [6.45, 7) is 2.49. The minimum absolute atomic E-state index is 0. The Morgan fingerprint density at radius 1 is 1.19 bits per heavy atom. The van der Waals surface area contributed by atoms with Gasteiger partial charge in [-0.1, -0.05) is 42.1 Å². The first kappa shape index (κ1) is 20.1. The Balaban J connectivity index is 0.00000210. The van der Waals surface area contributed by atoms with Crippen LogP contribution in [0.15, 0.2) is 35.4 Å². The summed E-state index contributed by atoms with van der Waals surface area (Å²) in [5, 5.41) is 5.14. The lowest BCUT2D eigenvalue weighted by atomic mass is 9.97. The van der Waals surface area contributed by atoms with E-state index < -0.39 is 0 Å². The number of rotatable bonds is 5. The van der Waals surface area contributed by atoms with Crippen molar-refractivity contribution in [2.24, 2.45) is 0 Å². The number of thiophene rings is 1. The fourth-order valence-corrected chi connectivity index (χ4v) is 5.61. The third-order valence-corrected chi connectivity index (χ3v) is 6.73. The Kier molecular flexibility index (Phi) is 6.73. The van der Waals surface area contributed by atoms with Crippen molar-refractivity contribution >= 4 is 51.6 Å². The Hall–Kier alpha value is -1.63. The second-order valence-electron chi connectivity index (χ2n) is 6.52. The molecule has 0 aliphatic heterocycles. The number of amides is 1. The Morgan fingerprint density at radius 3 is 2.78 bits per heavy atom. The standard InChI is InChI=1S/C20H21N3OS2.ClH/c1-13-22-19(18-15-9-5-6-10-16(15)26-20(18)23-13)25-12-17(24)21-11-14-7-3-2-4-8-14;/h2-4,7-8H,5-6,9-12H2,1H3,(H,21,24);1H. The highest BCUT2D eigenvalue weighted by Crippen LogP contribution is 2.39. The molecule has 1 N–H and O–H groups in total. The number of nitrogens with one attached hydrogen (secondary N) is 1. The van der Waals surface area contributed by atoms with Crippen LogP contribution >= 0.6 is 35.5 Å². The number of hydrogen-bond acceptors (Lipinski definition) is 5. The van der Waals surface area contributed by atoms with Gasteiger partial charge in [-0.15, -0.1) is 23.7 Å². The van der Waals surface area contributed by atoms with Gasteiger partial charge in [0.05, 0.1) is 5.75 Å². The van der Waals surface area contributed by atoms with Gasteiger partial charge in [0, 0.05) is 16.8 Å². The molecule has 0 saturated heterocycles. The summed E-state index contributed by atoms with van der Waals surface area (Å²) in [7, 11) is 0. The van der Waals surface area contributed by atoms with Crippen LogP contribution in [0, 0.1) is 6.92 Å². The average molecular weight is 420 g/mol. The molecule has 4 rings (SSSR count). The van der Waals surface area contributed by atoms with Crippen molar-refractivity contribution in [1.82, 2.24) is 15.3 Å². The third kappa shape index (κ3) is 4.62. The van der Waals surface area contributed by atoms with Crippen LogP contribution in [-0.4, -0.2) is 21.6 Å². The van der Waals surface area contributed by atoms with Crippen LogP contribution in [0.4, 0.5) is 0 Å². The van der Waals surface area contributed by atoms with Gasteiger partial charge in [-0.3, -0.25) is 4.79 Å². The van der Waals surface area contributed by atoms with Crippen molar-refractivity contribution in [3.63, 3.8) is 0 Å². The van der Waals surface area contributed by atoms with Crippen molar-refractivity contribution in [1.29, 1.82) is 0 Å². The molecule has 0 radical (unpaired) electrons. The van der Waals surface area contributed by atoms with Gasteiger partial charge in [-0.2, -0.15) is 0 Å². The summed E-state index contributed by atoms with van der Waals surface area (Å²) in [5.74, 6) is 1.19. The molecule has 1 amide bonds. The largest absolute Gasteiger partial charge is 0.351 e. The molecule has 0 fully saturated rings. The van der Waals surface area contributed by atoms with Crippen molar-refractivity contribution in [2.75, 3.05) is 5.75 Å². The summed E-state index contributed by atoms with van der Waals surface area (Å²) in [5.41, 5.74) is 2.53. The van der Waals surface area contributed by atoms with Gasteiger partial charge in [0.2, 0.25) is 5.91 Å². The van der Waals surface area contributed by atoms with E-state index in [1.165, 1.54) is 40.4 Å². The topological polar surface area (TPSA) is 54.9 Å². The van der Waals surface area contributed by atoms with Gasteiger partial charge in [0.15, 0.2) is 0 Å². The molecule has 0 spiro atoms. The van der Waals surface area contributed by atoms with Gasteiger partial charge in [0.25, 0.3) is 0 Å². The summed E-state index contributed by atoms with van der Waals surface area (Å²) < 4.78 is 0. The van der Waals surface area contributed by atoms with E-state index in [-0.39, 0.29) is 18.3 Å². The van der Waals surface area contributed by atoms with Crippen LogP contribution in [0.1, 0.15) is 34.7 Å². The highest BCUT2D eigenvalue weighted by atomic mass is 35.5. The van der Waals surface area contributed by atoms with Gasteiger partial charge in [-0.05, 0) is 43.7 Å². The predicted octanol–water partition coefficient (Wildman–Crippen LogP) is 4.71. The van der Waals surface area contributed by atoms with Crippen molar-refractivity contribution in [3.8, 4) is 0 Å². The molecule has 27 heavy (non-hydrogen) atoms. The number of carbonyl (C=O) groups excluding carboxylic acids is 1. The lowest BCUT2D eigenvalue weighted by molar-refractivity contribution is -0.118. The van der Waals surface area contributed by atoms with Crippen LogP contribution in [-0.2, 0) is 24.2 Å². The molecule has 1 aliphatic rings. The molecule has 1 aliphatic carbocycles. The van der Waals surface area contributed by atoms with Crippen LogP contribution in [0.2, 0.25) is 0 Å². The van der Waals surface area contributed by atoms with Crippen molar-refractivity contribution < 1.29 is 4.79 Å². The quantitative estimate of drug-likeness (QED) is 0.480. The van der Waals surface area contributed by atoms with Crippen LogP contribution in [0.25, 0.3) is 10.2 Å². The van der Waals surface area contributed by atoms with Gasteiger partial charge in [0.1, 0.15) is 15.7 Å².